The normalized spacial score (nSPS) is 18.6. The molecule has 7 heteroatoms. The molecule has 22 heavy (non-hydrogen) atoms. The molecular weight excluding hydrogens is 304 g/mol. The van der Waals surface area contributed by atoms with Gasteiger partial charge in [-0.15, -0.1) is 0 Å². The van der Waals surface area contributed by atoms with Crippen LogP contribution in [0.25, 0.3) is 0 Å². The lowest BCUT2D eigenvalue weighted by atomic mass is 10.0. The van der Waals surface area contributed by atoms with Crippen LogP contribution in [0, 0.1) is 26.7 Å². The van der Waals surface area contributed by atoms with Crippen molar-refractivity contribution in [2.75, 3.05) is 17.7 Å². The Bertz CT molecular complexity index is 717. The number of hydrogen-bond acceptors (Lipinski definition) is 4. The molecule has 0 bridgehead atoms. The van der Waals surface area contributed by atoms with Crippen LogP contribution < -0.4 is 9.62 Å². The summed E-state index contributed by atoms with van der Waals surface area (Å²) in [6.45, 7) is 6.03. The zero-order valence-electron chi connectivity index (χ0n) is 13.1. The van der Waals surface area contributed by atoms with E-state index in [9.17, 15) is 18.0 Å². The summed E-state index contributed by atoms with van der Waals surface area (Å²) in [5, 5.41) is 0. The van der Waals surface area contributed by atoms with E-state index in [4.69, 9.17) is 0 Å². The Morgan fingerprint density at radius 3 is 2.27 bits per heavy atom. The highest BCUT2D eigenvalue weighted by atomic mass is 32.2. The molecule has 1 aromatic carbocycles. The fourth-order valence-corrected chi connectivity index (χ4v) is 3.50. The number of hydrogen-bond donors (Lipinski definition) is 1. The van der Waals surface area contributed by atoms with Crippen molar-refractivity contribution < 1.29 is 18.0 Å². The molecule has 0 radical (unpaired) electrons. The van der Waals surface area contributed by atoms with Crippen molar-refractivity contribution in [1.29, 1.82) is 0 Å². The summed E-state index contributed by atoms with van der Waals surface area (Å²) < 4.78 is 24.2. The lowest BCUT2D eigenvalue weighted by Crippen LogP contribution is -2.36. The van der Waals surface area contributed by atoms with E-state index in [1.165, 1.54) is 0 Å². The number of rotatable bonds is 3. The number of nitrogens with one attached hydrogen (secondary N) is 1. The van der Waals surface area contributed by atoms with E-state index in [1.807, 2.05) is 37.6 Å². The summed E-state index contributed by atoms with van der Waals surface area (Å²) in [6, 6.07) is 3.97. The molecule has 1 fully saturated rings. The number of carbonyl (C=O) groups is 2. The van der Waals surface area contributed by atoms with Gasteiger partial charge in [0.1, 0.15) is 0 Å². The van der Waals surface area contributed by atoms with Crippen molar-refractivity contribution >= 4 is 27.5 Å². The molecule has 1 unspecified atom stereocenters. The van der Waals surface area contributed by atoms with Crippen LogP contribution in [0.1, 0.15) is 23.1 Å². The van der Waals surface area contributed by atoms with Gasteiger partial charge in [0, 0.05) is 18.7 Å². The molecule has 1 atom stereocenters. The molecule has 1 saturated heterocycles. The van der Waals surface area contributed by atoms with Crippen LogP contribution in [0.5, 0.6) is 0 Å². The minimum atomic E-state index is -3.61. The fourth-order valence-electron chi connectivity index (χ4n) is 2.96. The van der Waals surface area contributed by atoms with Gasteiger partial charge >= 0.3 is 0 Å². The monoisotopic (exact) mass is 324 g/mol. The third-order valence-electron chi connectivity index (χ3n) is 3.69. The predicted octanol–water partition coefficient (Wildman–Crippen LogP) is 1.04. The predicted molar refractivity (Wildman–Crippen MR) is 84.1 cm³/mol. The number of anilines is 1. The second-order valence-corrected chi connectivity index (χ2v) is 7.64. The average Bonchev–Trinajstić information content (AvgIpc) is 2.68. The molecule has 120 valence electrons. The summed E-state index contributed by atoms with van der Waals surface area (Å²) in [7, 11) is -3.61. The van der Waals surface area contributed by atoms with Crippen LogP contribution in [0.4, 0.5) is 5.69 Å². The summed E-state index contributed by atoms with van der Waals surface area (Å²) in [5.74, 6) is -1.44. The van der Waals surface area contributed by atoms with Gasteiger partial charge in [-0.3, -0.25) is 14.3 Å². The molecule has 0 aliphatic carbocycles. The highest BCUT2D eigenvalue weighted by Crippen LogP contribution is 2.31. The first-order valence-electron chi connectivity index (χ1n) is 6.98. The highest BCUT2D eigenvalue weighted by molar-refractivity contribution is 7.89. The summed E-state index contributed by atoms with van der Waals surface area (Å²) in [6.07, 6.45) is 0.946. The zero-order valence-corrected chi connectivity index (χ0v) is 14.0. The quantitative estimate of drug-likeness (QED) is 0.900. The number of aryl methyl sites for hydroxylation is 3. The van der Waals surface area contributed by atoms with Crippen molar-refractivity contribution in [3.8, 4) is 0 Å². The Hall–Kier alpha value is -1.89. The van der Waals surface area contributed by atoms with Crippen molar-refractivity contribution in [3.63, 3.8) is 0 Å². The summed E-state index contributed by atoms with van der Waals surface area (Å²) in [4.78, 5) is 25.8. The third-order valence-corrected chi connectivity index (χ3v) is 4.26. The van der Waals surface area contributed by atoms with Crippen molar-refractivity contribution in [2.24, 2.45) is 5.92 Å². The maximum Gasteiger partial charge on any atom is 0.238 e. The van der Waals surface area contributed by atoms with Gasteiger partial charge in [0.2, 0.25) is 21.8 Å². The maximum atomic E-state index is 12.2. The van der Waals surface area contributed by atoms with E-state index in [0.717, 1.165) is 28.6 Å². The van der Waals surface area contributed by atoms with Crippen LogP contribution in [-0.4, -0.2) is 33.0 Å². The first-order chi connectivity index (χ1) is 10.1. The van der Waals surface area contributed by atoms with Gasteiger partial charge in [-0.25, -0.2) is 8.42 Å². The van der Waals surface area contributed by atoms with Gasteiger partial charge in [0.25, 0.3) is 0 Å². The van der Waals surface area contributed by atoms with Crippen molar-refractivity contribution in [1.82, 2.24) is 4.72 Å². The first kappa shape index (κ1) is 16.5. The largest absolute Gasteiger partial charge is 0.311 e. The second kappa shape index (κ2) is 5.72. The topological polar surface area (TPSA) is 83.6 Å². The molecule has 1 N–H and O–H groups in total. The standard InChI is InChI=1S/C15H20N2O4S/c1-9-5-10(2)14(11(3)6-9)17-8-12(7-13(17)18)15(19)16-22(4,20)21/h5-6,12H,7-8H2,1-4H3,(H,16,19). The van der Waals surface area contributed by atoms with E-state index in [-0.39, 0.29) is 18.9 Å². The molecule has 0 aromatic heterocycles. The number of amides is 2. The Morgan fingerprint density at radius 2 is 1.77 bits per heavy atom. The van der Waals surface area contributed by atoms with Crippen LogP contribution in [-0.2, 0) is 19.6 Å². The summed E-state index contributed by atoms with van der Waals surface area (Å²) >= 11 is 0. The van der Waals surface area contributed by atoms with Gasteiger partial charge < -0.3 is 4.90 Å². The maximum absolute atomic E-state index is 12.2. The lowest BCUT2D eigenvalue weighted by molar-refractivity contribution is -0.124. The Balaban J connectivity index is 2.26. The minimum absolute atomic E-state index is 0.0219. The van der Waals surface area contributed by atoms with E-state index in [1.54, 1.807) is 4.90 Å². The Labute approximate surface area is 130 Å². The molecule has 6 nitrogen and oxygen atoms in total. The minimum Gasteiger partial charge on any atom is -0.311 e. The molecule has 1 heterocycles. The number of carbonyl (C=O) groups excluding carboxylic acids is 2. The van der Waals surface area contributed by atoms with E-state index in [0.29, 0.717) is 0 Å². The van der Waals surface area contributed by atoms with E-state index < -0.39 is 21.8 Å². The molecule has 1 aromatic rings. The summed E-state index contributed by atoms with van der Waals surface area (Å²) in [5.41, 5.74) is 3.85. The smallest absolute Gasteiger partial charge is 0.238 e. The van der Waals surface area contributed by atoms with Gasteiger partial charge in [-0.1, -0.05) is 17.7 Å². The van der Waals surface area contributed by atoms with Gasteiger partial charge in [-0.2, -0.15) is 0 Å². The number of nitrogens with zero attached hydrogens (tertiary/aromatic N) is 1. The molecule has 2 rings (SSSR count). The van der Waals surface area contributed by atoms with Gasteiger partial charge in [0.15, 0.2) is 0 Å². The van der Waals surface area contributed by atoms with E-state index in [2.05, 4.69) is 0 Å². The van der Waals surface area contributed by atoms with Crippen LogP contribution in [0.2, 0.25) is 0 Å². The molecule has 2 amide bonds. The van der Waals surface area contributed by atoms with Crippen molar-refractivity contribution in [2.45, 2.75) is 27.2 Å². The Kier molecular flexibility index (Phi) is 4.28. The average molecular weight is 324 g/mol. The number of benzene rings is 1. The second-order valence-electron chi connectivity index (χ2n) is 5.89. The zero-order chi connectivity index (χ0) is 16.7. The molecule has 0 spiro atoms. The lowest BCUT2D eigenvalue weighted by Gasteiger charge is -2.22. The van der Waals surface area contributed by atoms with Crippen LogP contribution in [0.15, 0.2) is 12.1 Å². The highest BCUT2D eigenvalue weighted by Gasteiger charge is 2.37. The number of sulfonamides is 1. The molecule has 1 aliphatic heterocycles. The third kappa shape index (κ3) is 3.47. The van der Waals surface area contributed by atoms with Gasteiger partial charge in [-0.05, 0) is 31.9 Å². The van der Waals surface area contributed by atoms with Crippen molar-refractivity contribution in [3.05, 3.63) is 28.8 Å². The molecule has 1 aliphatic rings. The fraction of sp³-hybridized carbons (Fsp3) is 0.467. The van der Waals surface area contributed by atoms with Crippen LogP contribution >= 0.6 is 0 Å². The van der Waals surface area contributed by atoms with Gasteiger partial charge in [0.05, 0.1) is 12.2 Å². The SMILES string of the molecule is Cc1cc(C)c(N2CC(C(=O)NS(C)(=O)=O)CC2=O)c(C)c1. The van der Waals surface area contributed by atoms with Crippen LogP contribution in [0.3, 0.4) is 0 Å². The first-order valence-corrected chi connectivity index (χ1v) is 8.87. The molecular formula is C15H20N2O4S. The Morgan fingerprint density at radius 1 is 1.23 bits per heavy atom. The van der Waals surface area contributed by atoms with E-state index >= 15 is 0 Å². The molecule has 0 saturated carbocycles.